The molecule has 0 amide bonds. The van der Waals surface area contributed by atoms with Crippen LogP contribution in [0.1, 0.15) is 63.4 Å². The molecule has 1 aliphatic rings. The van der Waals surface area contributed by atoms with Crippen molar-refractivity contribution in [2.24, 2.45) is 5.92 Å². The lowest BCUT2D eigenvalue weighted by Gasteiger charge is -2.38. The second kappa shape index (κ2) is 6.48. The summed E-state index contributed by atoms with van der Waals surface area (Å²) in [4.78, 5) is 13.0. The summed E-state index contributed by atoms with van der Waals surface area (Å²) in [6.45, 7) is 7.50. The summed E-state index contributed by atoms with van der Waals surface area (Å²) < 4.78 is 7.65. The number of hydrogen-bond acceptors (Lipinski definition) is 4. The van der Waals surface area contributed by atoms with Crippen molar-refractivity contribution < 1.29 is 9.53 Å². The van der Waals surface area contributed by atoms with Crippen molar-refractivity contribution in [3.8, 4) is 0 Å². The number of ether oxygens (including phenoxy) is 1. The first-order chi connectivity index (χ1) is 9.63. The van der Waals surface area contributed by atoms with Gasteiger partial charge in [-0.05, 0) is 38.5 Å². The first-order valence-corrected chi connectivity index (χ1v) is 7.70. The summed E-state index contributed by atoms with van der Waals surface area (Å²) in [6, 6.07) is 0. The summed E-state index contributed by atoms with van der Waals surface area (Å²) in [6.07, 6.45) is 6.34. The average Bonchev–Trinajstić information content (AvgIpc) is 2.87. The Balaban J connectivity index is 2.28. The van der Waals surface area contributed by atoms with E-state index in [1.807, 2.05) is 6.92 Å². The van der Waals surface area contributed by atoms with Crippen LogP contribution in [0.2, 0.25) is 0 Å². The molecule has 1 saturated carbocycles. The summed E-state index contributed by atoms with van der Waals surface area (Å²) in [5.41, 5.74) is -0.0750. The minimum Gasteiger partial charge on any atom is -0.367 e. The molecule has 0 aromatic carbocycles. The molecule has 0 saturated heterocycles. The number of ketones is 1. The fourth-order valence-electron chi connectivity index (χ4n) is 3.23. The lowest BCUT2D eigenvalue weighted by molar-refractivity contribution is -0.0517. The summed E-state index contributed by atoms with van der Waals surface area (Å²) in [5, 5.41) is 7.93. The van der Waals surface area contributed by atoms with E-state index < -0.39 is 5.60 Å². The van der Waals surface area contributed by atoms with Gasteiger partial charge in [0.25, 0.3) is 0 Å². The van der Waals surface area contributed by atoms with Gasteiger partial charge in [0, 0.05) is 13.2 Å². The van der Waals surface area contributed by atoms with Gasteiger partial charge in [0.15, 0.2) is 0 Å². The molecule has 1 heterocycles. The van der Waals surface area contributed by atoms with E-state index in [4.69, 9.17) is 4.74 Å². The molecule has 0 N–H and O–H groups in total. The zero-order valence-corrected chi connectivity index (χ0v) is 12.8. The van der Waals surface area contributed by atoms with Crippen molar-refractivity contribution in [2.75, 3.05) is 6.61 Å². The molecule has 20 heavy (non-hydrogen) atoms. The molecule has 5 heteroatoms. The van der Waals surface area contributed by atoms with Gasteiger partial charge in [-0.25, -0.2) is 4.68 Å². The Bertz CT molecular complexity index is 454. The minimum atomic E-state index is -0.667. The second-order valence-electron chi connectivity index (χ2n) is 5.80. The molecule has 2 rings (SSSR count). The maximum Gasteiger partial charge on any atom is 0.214 e. The summed E-state index contributed by atoms with van der Waals surface area (Å²) in [5.74, 6) is 0.583. The Labute approximate surface area is 120 Å². The highest BCUT2D eigenvalue weighted by atomic mass is 16.5. The van der Waals surface area contributed by atoms with Gasteiger partial charge in [0.05, 0.1) is 6.20 Å². The number of carbonyl (C=O) groups is 1. The van der Waals surface area contributed by atoms with Gasteiger partial charge in [-0.15, -0.1) is 5.10 Å². The van der Waals surface area contributed by atoms with Gasteiger partial charge in [-0.2, -0.15) is 0 Å². The summed E-state index contributed by atoms with van der Waals surface area (Å²) in [7, 11) is 0. The Morgan fingerprint density at radius 2 is 2.35 bits per heavy atom. The van der Waals surface area contributed by atoms with Crippen molar-refractivity contribution in [2.45, 2.75) is 65.0 Å². The average molecular weight is 279 g/mol. The molecule has 0 radical (unpaired) electrons. The third-order valence-corrected chi connectivity index (χ3v) is 4.08. The van der Waals surface area contributed by atoms with Crippen LogP contribution in [0.5, 0.6) is 0 Å². The topological polar surface area (TPSA) is 57.0 Å². The van der Waals surface area contributed by atoms with Crippen LogP contribution in [-0.2, 0) is 11.3 Å². The predicted molar refractivity (Wildman–Crippen MR) is 76.6 cm³/mol. The highest BCUT2D eigenvalue weighted by Gasteiger charge is 2.44. The van der Waals surface area contributed by atoms with Gasteiger partial charge >= 0.3 is 0 Å². The third kappa shape index (κ3) is 2.92. The van der Waals surface area contributed by atoms with Gasteiger partial charge in [-0.1, -0.05) is 25.5 Å². The highest BCUT2D eigenvalue weighted by molar-refractivity contribution is 6.01. The van der Waals surface area contributed by atoms with Crippen LogP contribution in [-0.4, -0.2) is 33.0 Å². The minimum absolute atomic E-state index is 0.0596. The predicted octanol–water partition coefficient (Wildman–Crippen LogP) is 2.86. The molecule has 2 unspecified atom stereocenters. The molecule has 0 aliphatic heterocycles. The van der Waals surface area contributed by atoms with Crippen molar-refractivity contribution in [3.63, 3.8) is 0 Å². The Morgan fingerprint density at radius 3 is 3.00 bits per heavy atom. The summed E-state index contributed by atoms with van der Waals surface area (Å²) >= 11 is 0. The largest absolute Gasteiger partial charge is 0.367 e. The number of aryl methyl sites for hydroxylation is 1. The number of nitrogens with zero attached hydrogens (tertiary/aromatic N) is 3. The van der Waals surface area contributed by atoms with Crippen molar-refractivity contribution in [1.29, 1.82) is 0 Å². The number of Topliss-reactive ketones (excluding diaryl/α,β-unsaturated/α-hetero) is 1. The van der Waals surface area contributed by atoms with Crippen LogP contribution >= 0.6 is 0 Å². The van der Waals surface area contributed by atoms with Gasteiger partial charge in [0.1, 0.15) is 11.3 Å². The van der Waals surface area contributed by atoms with Crippen molar-refractivity contribution in [3.05, 3.63) is 11.9 Å². The molecule has 1 aliphatic carbocycles. The molecular formula is C15H25N3O2. The number of aromatic nitrogens is 3. The Hall–Kier alpha value is -1.23. The standard InChI is InChI=1S/C15H25N3O2/c1-4-9-18-13(11-16-17-18)14(19)15(20-5-2)8-6-7-12(3)10-15/h11-12H,4-10H2,1-3H3. The first kappa shape index (κ1) is 15.2. The Kier molecular flexibility index (Phi) is 4.91. The molecule has 0 bridgehead atoms. The molecule has 0 spiro atoms. The second-order valence-corrected chi connectivity index (χ2v) is 5.80. The lowest BCUT2D eigenvalue weighted by atomic mass is 9.75. The molecule has 112 valence electrons. The monoisotopic (exact) mass is 279 g/mol. The Morgan fingerprint density at radius 1 is 1.55 bits per heavy atom. The zero-order chi connectivity index (χ0) is 14.6. The quantitative estimate of drug-likeness (QED) is 0.751. The molecule has 1 aromatic heterocycles. The highest BCUT2D eigenvalue weighted by Crippen LogP contribution is 2.37. The molecule has 1 aromatic rings. The van der Waals surface area contributed by atoms with Gasteiger partial charge in [-0.3, -0.25) is 4.79 Å². The van der Waals surface area contributed by atoms with E-state index >= 15 is 0 Å². The number of rotatable bonds is 6. The van der Waals surface area contributed by atoms with E-state index in [1.54, 1.807) is 10.9 Å². The van der Waals surface area contributed by atoms with E-state index in [9.17, 15) is 4.79 Å². The van der Waals surface area contributed by atoms with Crippen molar-refractivity contribution >= 4 is 5.78 Å². The fourth-order valence-corrected chi connectivity index (χ4v) is 3.23. The normalized spacial score (nSPS) is 26.6. The van der Waals surface area contributed by atoms with E-state index in [1.165, 1.54) is 6.42 Å². The third-order valence-electron chi connectivity index (χ3n) is 4.08. The van der Waals surface area contributed by atoms with Crippen molar-refractivity contribution in [1.82, 2.24) is 15.0 Å². The number of hydrogen-bond donors (Lipinski definition) is 0. The van der Waals surface area contributed by atoms with Crippen LogP contribution in [0.25, 0.3) is 0 Å². The maximum absolute atomic E-state index is 13.0. The molecule has 1 fully saturated rings. The molecular weight excluding hydrogens is 254 g/mol. The van der Waals surface area contributed by atoms with Gasteiger partial charge < -0.3 is 4.74 Å². The van der Waals surface area contributed by atoms with E-state index in [2.05, 4.69) is 24.2 Å². The van der Waals surface area contributed by atoms with Crippen LogP contribution in [0, 0.1) is 5.92 Å². The first-order valence-electron chi connectivity index (χ1n) is 7.70. The smallest absolute Gasteiger partial charge is 0.214 e. The van der Waals surface area contributed by atoms with Gasteiger partial charge in [0.2, 0.25) is 5.78 Å². The van der Waals surface area contributed by atoms with E-state index in [0.29, 0.717) is 18.2 Å². The fraction of sp³-hybridized carbons (Fsp3) is 0.800. The lowest BCUT2D eigenvalue weighted by Crippen LogP contribution is -2.46. The van der Waals surface area contributed by atoms with Crippen LogP contribution in [0.3, 0.4) is 0 Å². The molecule has 5 nitrogen and oxygen atoms in total. The molecule has 2 atom stereocenters. The SMILES string of the molecule is CCCn1nncc1C(=O)C1(OCC)CCCC(C)C1. The zero-order valence-electron chi connectivity index (χ0n) is 12.8. The van der Waals surface area contributed by atoms with Crippen LogP contribution in [0.4, 0.5) is 0 Å². The van der Waals surface area contributed by atoms with E-state index in [0.717, 1.165) is 32.2 Å². The number of carbonyl (C=O) groups excluding carboxylic acids is 1. The van der Waals surface area contributed by atoms with E-state index in [-0.39, 0.29) is 5.78 Å². The van der Waals surface area contributed by atoms with Crippen LogP contribution in [0.15, 0.2) is 6.20 Å². The van der Waals surface area contributed by atoms with Crippen LogP contribution < -0.4 is 0 Å². The maximum atomic E-state index is 13.0.